The first-order valence-corrected chi connectivity index (χ1v) is 4.59. The molecule has 0 saturated heterocycles. The van der Waals surface area contributed by atoms with E-state index in [4.69, 9.17) is 10.8 Å². The van der Waals surface area contributed by atoms with Gasteiger partial charge in [-0.2, -0.15) is 0 Å². The molecule has 4 heteroatoms. The second kappa shape index (κ2) is 3.27. The number of hydrogen-bond donors (Lipinski definition) is 3. The lowest BCUT2D eigenvalue weighted by atomic mass is 9.92. The summed E-state index contributed by atoms with van der Waals surface area (Å²) >= 11 is 0. The van der Waals surface area contributed by atoms with Crippen molar-refractivity contribution in [3.05, 3.63) is 0 Å². The molecule has 0 unspecified atom stereocenters. The van der Waals surface area contributed by atoms with Gasteiger partial charge in [-0.3, -0.25) is 4.79 Å². The highest BCUT2D eigenvalue weighted by atomic mass is 16.3. The summed E-state index contributed by atoms with van der Waals surface area (Å²) in [7, 11) is 0. The predicted octanol–water partition coefficient (Wildman–Crippen LogP) is -0.388. The van der Waals surface area contributed by atoms with Crippen LogP contribution in [-0.4, -0.2) is 29.7 Å². The summed E-state index contributed by atoms with van der Waals surface area (Å²) in [6.45, 7) is 3.95. The van der Waals surface area contributed by atoms with Crippen LogP contribution in [0.1, 0.15) is 26.7 Å². The van der Waals surface area contributed by atoms with Gasteiger partial charge in [0.2, 0.25) is 5.91 Å². The zero-order chi connectivity index (χ0) is 10.1. The smallest absolute Gasteiger partial charge is 0.227 e. The minimum atomic E-state index is -0.537. The van der Waals surface area contributed by atoms with Crippen LogP contribution in [0, 0.1) is 5.41 Å². The Hall–Kier alpha value is -0.610. The van der Waals surface area contributed by atoms with Gasteiger partial charge in [0, 0.05) is 6.54 Å². The Morgan fingerprint density at radius 3 is 2.46 bits per heavy atom. The van der Waals surface area contributed by atoms with Crippen molar-refractivity contribution < 1.29 is 9.90 Å². The van der Waals surface area contributed by atoms with Crippen molar-refractivity contribution in [2.75, 3.05) is 13.2 Å². The van der Waals surface area contributed by atoms with Crippen molar-refractivity contribution in [1.29, 1.82) is 0 Å². The third-order valence-corrected chi connectivity index (χ3v) is 2.66. The first-order chi connectivity index (χ1) is 5.96. The molecule has 0 aromatic carbocycles. The Morgan fingerprint density at radius 1 is 1.62 bits per heavy atom. The molecule has 4 N–H and O–H groups in total. The van der Waals surface area contributed by atoms with E-state index >= 15 is 0 Å². The lowest BCUT2D eigenvalue weighted by Gasteiger charge is -2.25. The summed E-state index contributed by atoms with van der Waals surface area (Å²) in [5.74, 6) is -0.0680. The number of nitrogens with one attached hydrogen (secondary N) is 1. The van der Waals surface area contributed by atoms with Gasteiger partial charge in [0.1, 0.15) is 0 Å². The van der Waals surface area contributed by atoms with E-state index in [0.717, 1.165) is 12.8 Å². The van der Waals surface area contributed by atoms with Crippen molar-refractivity contribution in [2.45, 2.75) is 32.2 Å². The van der Waals surface area contributed by atoms with E-state index in [1.807, 2.05) is 0 Å². The molecule has 0 bridgehead atoms. The van der Waals surface area contributed by atoms with Gasteiger partial charge >= 0.3 is 0 Å². The van der Waals surface area contributed by atoms with Crippen molar-refractivity contribution in [3.63, 3.8) is 0 Å². The Balaban J connectivity index is 2.50. The van der Waals surface area contributed by atoms with Crippen molar-refractivity contribution in [1.82, 2.24) is 5.32 Å². The normalized spacial score (nSPS) is 19.7. The number of aliphatic hydroxyl groups is 1. The van der Waals surface area contributed by atoms with Crippen LogP contribution in [0.3, 0.4) is 0 Å². The minimum absolute atomic E-state index is 0.0272. The summed E-state index contributed by atoms with van der Waals surface area (Å²) in [6.07, 6.45) is 1.74. The first-order valence-electron chi connectivity index (χ1n) is 4.59. The second-order valence-corrected chi connectivity index (χ2v) is 4.48. The fraction of sp³-hybridized carbons (Fsp3) is 0.889. The van der Waals surface area contributed by atoms with Crippen LogP contribution < -0.4 is 11.1 Å². The van der Waals surface area contributed by atoms with Crippen molar-refractivity contribution in [2.24, 2.45) is 11.1 Å². The van der Waals surface area contributed by atoms with Crippen molar-refractivity contribution in [3.8, 4) is 0 Å². The molecule has 0 radical (unpaired) electrons. The average molecular weight is 186 g/mol. The van der Waals surface area contributed by atoms with E-state index in [-0.39, 0.29) is 18.1 Å². The van der Waals surface area contributed by atoms with Gasteiger partial charge in [0.05, 0.1) is 17.6 Å². The van der Waals surface area contributed by atoms with Gasteiger partial charge in [-0.05, 0) is 26.7 Å². The first kappa shape index (κ1) is 10.5. The molecule has 13 heavy (non-hydrogen) atoms. The van der Waals surface area contributed by atoms with Crippen LogP contribution in [-0.2, 0) is 4.79 Å². The second-order valence-electron chi connectivity index (χ2n) is 4.48. The van der Waals surface area contributed by atoms with Gasteiger partial charge in [0.15, 0.2) is 0 Å². The Morgan fingerprint density at radius 2 is 2.15 bits per heavy atom. The van der Waals surface area contributed by atoms with Gasteiger partial charge in [-0.15, -0.1) is 0 Å². The molecule has 1 saturated carbocycles. The highest BCUT2D eigenvalue weighted by Crippen LogP contribution is 2.35. The summed E-state index contributed by atoms with van der Waals surface area (Å²) in [5, 5.41) is 11.8. The van der Waals surface area contributed by atoms with Gasteiger partial charge in [-0.25, -0.2) is 0 Å². The molecular weight excluding hydrogens is 168 g/mol. The largest absolute Gasteiger partial charge is 0.394 e. The number of carbonyl (C=O) groups is 1. The number of rotatable bonds is 4. The van der Waals surface area contributed by atoms with E-state index < -0.39 is 5.41 Å². The molecule has 76 valence electrons. The minimum Gasteiger partial charge on any atom is -0.394 e. The molecule has 4 nitrogen and oxygen atoms in total. The Kier molecular flexibility index (Phi) is 2.63. The molecule has 0 aliphatic heterocycles. The number of nitrogens with two attached hydrogens (primary N) is 1. The molecule has 1 fully saturated rings. The summed E-state index contributed by atoms with van der Waals surface area (Å²) in [4.78, 5) is 11.6. The highest BCUT2D eigenvalue weighted by Gasteiger charge is 2.45. The average Bonchev–Trinajstić information content (AvgIpc) is 2.85. The molecule has 0 spiro atoms. The zero-order valence-corrected chi connectivity index (χ0v) is 8.26. The maximum atomic E-state index is 11.6. The maximum Gasteiger partial charge on any atom is 0.227 e. The van der Waals surface area contributed by atoms with E-state index in [0.29, 0.717) is 6.54 Å². The molecular formula is C9H18N2O2. The van der Waals surface area contributed by atoms with Crippen LogP contribution in [0.15, 0.2) is 0 Å². The quantitative estimate of drug-likeness (QED) is 0.560. The van der Waals surface area contributed by atoms with Crippen molar-refractivity contribution >= 4 is 5.91 Å². The summed E-state index contributed by atoms with van der Waals surface area (Å²) in [5.41, 5.74) is 4.60. The SMILES string of the molecule is CC(C)(CN)C(=O)NC1(CO)CC1. The van der Waals surface area contributed by atoms with Crippen LogP contribution in [0.4, 0.5) is 0 Å². The summed E-state index contributed by atoms with van der Waals surface area (Å²) in [6, 6.07) is 0. The van der Waals surface area contributed by atoms with Gasteiger partial charge in [-0.1, -0.05) is 0 Å². The summed E-state index contributed by atoms with van der Waals surface area (Å²) < 4.78 is 0. The number of aliphatic hydroxyl groups excluding tert-OH is 1. The lowest BCUT2D eigenvalue weighted by Crippen LogP contribution is -2.48. The Bertz CT molecular complexity index is 210. The zero-order valence-electron chi connectivity index (χ0n) is 8.26. The topological polar surface area (TPSA) is 75.4 Å². The number of amides is 1. The van der Waals surface area contributed by atoms with E-state index in [1.165, 1.54) is 0 Å². The molecule has 1 amide bonds. The van der Waals surface area contributed by atoms with Gasteiger partial charge in [0.25, 0.3) is 0 Å². The molecule has 1 rings (SSSR count). The number of carbonyl (C=O) groups excluding carboxylic acids is 1. The molecule has 1 aliphatic carbocycles. The number of hydrogen-bond acceptors (Lipinski definition) is 3. The fourth-order valence-electron chi connectivity index (χ4n) is 0.976. The predicted molar refractivity (Wildman–Crippen MR) is 50.0 cm³/mol. The Labute approximate surface area is 78.5 Å². The van der Waals surface area contributed by atoms with E-state index in [2.05, 4.69) is 5.32 Å². The molecule has 1 aliphatic rings. The van der Waals surface area contributed by atoms with Crippen LogP contribution in [0.2, 0.25) is 0 Å². The lowest BCUT2D eigenvalue weighted by molar-refractivity contribution is -0.130. The standard InChI is InChI=1S/C9H18N2O2/c1-8(2,5-10)7(13)11-9(6-12)3-4-9/h12H,3-6,10H2,1-2H3,(H,11,13). The fourth-order valence-corrected chi connectivity index (χ4v) is 0.976. The molecule has 0 heterocycles. The van der Waals surface area contributed by atoms with Gasteiger partial charge < -0.3 is 16.2 Å². The monoisotopic (exact) mass is 186 g/mol. The molecule has 0 atom stereocenters. The highest BCUT2D eigenvalue weighted by molar-refractivity contribution is 5.83. The van der Waals surface area contributed by atoms with E-state index in [9.17, 15) is 4.79 Å². The van der Waals surface area contributed by atoms with Crippen LogP contribution >= 0.6 is 0 Å². The third-order valence-electron chi connectivity index (χ3n) is 2.66. The van der Waals surface area contributed by atoms with E-state index in [1.54, 1.807) is 13.8 Å². The van der Waals surface area contributed by atoms with Crippen LogP contribution in [0.5, 0.6) is 0 Å². The molecule has 0 aromatic heterocycles. The van der Waals surface area contributed by atoms with Crippen LogP contribution in [0.25, 0.3) is 0 Å². The molecule has 0 aromatic rings. The maximum absolute atomic E-state index is 11.6. The third kappa shape index (κ3) is 2.19.